The van der Waals surface area contributed by atoms with Crippen LogP contribution in [0.15, 0.2) is 0 Å². The third-order valence-electron chi connectivity index (χ3n) is 0.616. The van der Waals surface area contributed by atoms with Gasteiger partial charge in [-0.05, 0) is 0 Å². The van der Waals surface area contributed by atoms with Gasteiger partial charge in [0.2, 0.25) is 0 Å². The van der Waals surface area contributed by atoms with Gasteiger partial charge in [0, 0.05) is 7.11 Å². The van der Waals surface area contributed by atoms with E-state index in [0.29, 0.717) is 13.0 Å². The van der Waals surface area contributed by atoms with E-state index in [1.54, 1.807) is 23.0 Å². The van der Waals surface area contributed by atoms with Crippen LogP contribution in [0, 0.1) is 11.3 Å². The zero-order chi connectivity index (χ0) is 7.82. The average molecular weight is 275 g/mol. The highest BCUT2D eigenvalue weighted by molar-refractivity contribution is 14.1. The van der Waals surface area contributed by atoms with Crippen LogP contribution in [0.25, 0.3) is 0 Å². The predicted octanol–water partition coefficient (Wildman–Crippen LogP) is 2.16. The van der Waals surface area contributed by atoms with Crippen LogP contribution in [-0.4, -0.2) is 13.7 Å². The van der Waals surface area contributed by atoms with Crippen molar-refractivity contribution >= 4 is 31.6 Å². The molecule has 4 nitrogen and oxygen atoms in total. The maximum atomic E-state index is 8.12. The highest BCUT2D eigenvalue weighted by Gasteiger charge is 2.06. The van der Waals surface area contributed by atoms with E-state index in [9.17, 15) is 0 Å². The van der Waals surface area contributed by atoms with Crippen molar-refractivity contribution in [2.75, 3.05) is 13.7 Å². The van der Waals surface area contributed by atoms with Crippen molar-refractivity contribution in [3.8, 4) is 6.07 Å². The molecular formula is C4H7INO3P. The molecule has 6 heteroatoms. The largest absolute Gasteiger partial charge is 0.342 e. The molecular weight excluding hydrogens is 268 g/mol. The smallest absolute Gasteiger partial charge is 0.315 e. The third-order valence-corrected chi connectivity index (χ3v) is 2.39. The Labute approximate surface area is 75.1 Å². The normalized spacial score (nSPS) is 12.5. The van der Waals surface area contributed by atoms with Gasteiger partial charge in [-0.15, -0.1) is 0 Å². The summed E-state index contributed by atoms with van der Waals surface area (Å²) in [4.78, 5) is 0. The van der Waals surface area contributed by atoms with Crippen molar-refractivity contribution in [2.24, 2.45) is 0 Å². The molecule has 0 rings (SSSR count). The molecule has 0 saturated carbocycles. The molecule has 0 saturated heterocycles. The molecule has 1 atom stereocenters. The van der Waals surface area contributed by atoms with E-state index in [-0.39, 0.29) is 0 Å². The van der Waals surface area contributed by atoms with Crippen LogP contribution in [0.2, 0.25) is 0 Å². The summed E-state index contributed by atoms with van der Waals surface area (Å²) in [6.45, 7) is 0.360. The average Bonchev–Trinajstić information content (AvgIpc) is 1.99. The summed E-state index contributed by atoms with van der Waals surface area (Å²) in [6, 6.07) is 1.94. The Morgan fingerprint density at radius 1 is 1.70 bits per heavy atom. The fourth-order valence-corrected chi connectivity index (χ4v) is 1.53. The lowest BCUT2D eigenvalue weighted by Gasteiger charge is -2.07. The van der Waals surface area contributed by atoms with Crippen LogP contribution >= 0.6 is 31.6 Å². The van der Waals surface area contributed by atoms with Crippen LogP contribution < -0.4 is 0 Å². The Hall–Kier alpha value is 0.530. The Kier molecular flexibility index (Phi) is 8.04. The molecule has 0 spiro atoms. The molecule has 0 bridgehead atoms. The summed E-state index contributed by atoms with van der Waals surface area (Å²) in [6.07, 6.45) is 0.363. The monoisotopic (exact) mass is 275 g/mol. The zero-order valence-electron chi connectivity index (χ0n) is 5.41. The zero-order valence-corrected chi connectivity index (χ0v) is 8.46. The minimum atomic E-state index is -1.23. The van der Waals surface area contributed by atoms with Gasteiger partial charge < -0.3 is 9.05 Å². The topological polar surface area (TPSA) is 51.5 Å². The van der Waals surface area contributed by atoms with Crippen LogP contribution in [-0.2, 0) is 11.9 Å². The number of nitrogens with zero attached hydrogens (tertiary/aromatic N) is 1. The SMILES string of the molecule is COP(OI)OCCC#N. The molecule has 0 aliphatic rings. The second-order valence-corrected chi connectivity index (χ2v) is 3.61. The molecule has 1 unspecified atom stereocenters. The second-order valence-electron chi connectivity index (χ2n) is 1.22. The van der Waals surface area contributed by atoms with E-state index in [1.165, 1.54) is 7.11 Å². The van der Waals surface area contributed by atoms with Gasteiger partial charge in [-0.3, -0.25) is 0 Å². The van der Waals surface area contributed by atoms with Crippen molar-refractivity contribution in [1.29, 1.82) is 5.26 Å². The quantitative estimate of drug-likeness (QED) is 0.438. The first-order valence-corrected chi connectivity index (χ1v) is 4.45. The maximum absolute atomic E-state index is 8.12. The number of hydrogen-bond donors (Lipinski definition) is 0. The maximum Gasteiger partial charge on any atom is 0.342 e. The molecule has 0 aromatic rings. The van der Waals surface area contributed by atoms with Gasteiger partial charge in [-0.1, -0.05) is 0 Å². The summed E-state index contributed by atoms with van der Waals surface area (Å²) in [5, 5.41) is 8.12. The summed E-state index contributed by atoms with van der Waals surface area (Å²) in [7, 11) is 0.264. The minimum absolute atomic E-state index is 0.360. The summed E-state index contributed by atoms with van der Waals surface area (Å²) in [5.74, 6) is 0. The van der Waals surface area contributed by atoms with E-state index < -0.39 is 8.60 Å². The number of rotatable bonds is 5. The van der Waals surface area contributed by atoms with E-state index in [4.69, 9.17) is 17.2 Å². The molecule has 0 amide bonds. The second kappa shape index (κ2) is 7.63. The highest BCUT2D eigenvalue weighted by atomic mass is 127. The molecule has 0 aliphatic carbocycles. The van der Waals surface area contributed by atoms with Crippen molar-refractivity contribution in [3.05, 3.63) is 0 Å². The fraction of sp³-hybridized carbons (Fsp3) is 0.750. The third kappa shape index (κ3) is 5.33. The lowest BCUT2D eigenvalue weighted by molar-refractivity contribution is 0.254. The highest BCUT2D eigenvalue weighted by Crippen LogP contribution is 2.40. The van der Waals surface area contributed by atoms with Gasteiger partial charge in [0.05, 0.1) is 19.1 Å². The van der Waals surface area contributed by atoms with Crippen LogP contribution in [0.3, 0.4) is 0 Å². The molecule has 10 heavy (non-hydrogen) atoms. The Bertz CT molecular complexity index is 114. The Morgan fingerprint density at radius 2 is 2.40 bits per heavy atom. The van der Waals surface area contributed by atoms with Gasteiger partial charge in [0.15, 0.2) is 0 Å². The molecule has 0 aliphatic heterocycles. The van der Waals surface area contributed by atoms with Crippen molar-refractivity contribution in [1.82, 2.24) is 0 Å². The van der Waals surface area contributed by atoms with E-state index in [0.717, 1.165) is 0 Å². The van der Waals surface area contributed by atoms with Gasteiger partial charge >= 0.3 is 8.60 Å². The first-order chi connectivity index (χ1) is 4.85. The van der Waals surface area contributed by atoms with E-state index in [1.807, 2.05) is 6.07 Å². The van der Waals surface area contributed by atoms with Gasteiger partial charge in [0.25, 0.3) is 0 Å². The summed E-state index contributed by atoms with van der Waals surface area (Å²) < 4.78 is 14.4. The number of halogens is 1. The van der Waals surface area contributed by atoms with Gasteiger partial charge in [-0.2, -0.15) is 5.26 Å². The molecule has 0 heterocycles. The lowest BCUT2D eigenvalue weighted by atomic mass is 10.5. The fourth-order valence-electron chi connectivity index (χ4n) is 0.267. The van der Waals surface area contributed by atoms with E-state index in [2.05, 4.69) is 0 Å². The minimum Gasteiger partial charge on any atom is -0.315 e. The summed E-state index contributed by atoms with van der Waals surface area (Å²) in [5.41, 5.74) is 0. The standard InChI is InChI=1S/C4H7INO3P/c1-7-10(9-5)8-4-2-3-6/h2,4H2,1H3. The lowest BCUT2D eigenvalue weighted by Crippen LogP contribution is -1.88. The molecule has 0 fully saturated rings. The molecule has 58 valence electrons. The Morgan fingerprint density at radius 3 is 2.80 bits per heavy atom. The Balaban J connectivity index is 3.19. The van der Waals surface area contributed by atoms with Gasteiger partial charge in [-0.25, -0.2) is 2.85 Å². The van der Waals surface area contributed by atoms with Crippen molar-refractivity contribution in [2.45, 2.75) is 6.42 Å². The van der Waals surface area contributed by atoms with Crippen LogP contribution in [0.1, 0.15) is 6.42 Å². The molecule has 0 N–H and O–H groups in total. The molecule has 0 aromatic heterocycles. The molecule has 0 aromatic carbocycles. The number of nitriles is 1. The van der Waals surface area contributed by atoms with Crippen LogP contribution in [0.4, 0.5) is 0 Å². The predicted molar refractivity (Wildman–Crippen MR) is 45.2 cm³/mol. The number of hydrogen-bond acceptors (Lipinski definition) is 4. The van der Waals surface area contributed by atoms with Crippen molar-refractivity contribution in [3.63, 3.8) is 0 Å². The first kappa shape index (κ1) is 10.5. The van der Waals surface area contributed by atoms with Crippen LogP contribution in [0.5, 0.6) is 0 Å². The molecule has 0 radical (unpaired) electrons. The van der Waals surface area contributed by atoms with Gasteiger partial charge in [0.1, 0.15) is 23.0 Å². The van der Waals surface area contributed by atoms with Crippen molar-refractivity contribution < 1.29 is 11.9 Å². The van der Waals surface area contributed by atoms with E-state index >= 15 is 0 Å². The summed E-state index contributed by atoms with van der Waals surface area (Å²) >= 11 is 1.70. The first-order valence-electron chi connectivity index (χ1n) is 2.48.